The number of benzene rings is 1. The van der Waals surface area contributed by atoms with Gasteiger partial charge in [-0.15, -0.1) is 0 Å². The summed E-state index contributed by atoms with van der Waals surface area (Å²) in [5, 5.41) is 9.39. The standard InChI is InChI=1S/C15H17N3O4S/c19-15(20)14-8-12-13(17-10-16-12)9-18(14)6-7-23(21,22)11-4-2-1-3-5-11/h1-5,10,14H,6-9H2,(H,16,17)(H,19,20)/t14-/m0/s1. The number of hydrogen-bond acceptors (Lipinski definition) is 5. The van der Waals surface area contributed by atoms with Crippen LogP contribution in [0.2, 0.25) is 0 Å². The largest absolute Gasteiger partial charge is 0.480 e. The van der Waals surface area contributed by atoms with Crippen molar-refractivity contribution in [1.29, 1.82) is 0 Å². The molecule has 1 aromatic heterocycles. The number of sulfone groups is 1. The average molecular weight is 335 g/mol. The van der Waals surface area contributed by atoms with Gasteiger partial charge in [0.1, 0.15) is 6.04 Å². The minimum absolute atomic E-state index is 0.121. The van der Waals surface area contributed by atoms with E-state index in [1.165, 1.54) is 6.33 Å². The molecule has 0 saturated carbocycles. The van der Waals surface area contributed by atoms with E-state index in [9.17, 15) is 18.3 Å². The van der Waals surface area contributed by atoms with Crippen LogP contribution < -0.4 is 0 Å². The molecule has 3 rings (SSSR count). The fourth-order valence-electron chi connectivity index (χ4n) is 2.75. The Morgan fingerprint density at radius 2 is 2.09 bits per heavy atom. The van der Waals surface area contributed by atoms with Crippen LogP contribution in [0.3, 0.4) is 0 Å². The van der Waals surface area contributed by atoms with Gasteiger partial charge in [0.25, 0.3) is 0 Å². The van der Waals surface area contributed by atoms with Gasteiger partial charge in [-0.1, -0.05) is 18.2 Å². The highest BCUT2D eigenvalue weighted by molar-refractivity contribution is 7.91. The molecule has 1 aliphatic rings. The van der Waals surface area contributed by atoms with Crippen LogP contribution >= 0.6 is 0 Å². The van der Waals surface area contributed by atoms with Crippen molar-refractivity contribution in [1.82, 2.24) is 14.9 Å². The highest BCUT2D eigenvalue weighted by Gasteiger charge is 2.33. The summed E-state index contributed by atoms with van der Waals surface area (Å²) in [4.78, 5) is 20.5. The Morgan fingerprint density at radius 1 is 1.35 bits per heavy atom. The first-order valence-electron chi connectivity index (χ1n) is 7.23. The molecule has 23 heavy (non-hydrogen) atoms. The van der Waals surface area contributed by atoms with Crippen LogP contribution in [-0.2, 0) is 27.6 Å². The van der Waals surface area contributed by atoms with Gasteiger partial charge < -0.3 is 10.1 Å². The second-order valence-electron chi connectivity index (χ2n) is 5.49. The van der Waals surface area contributed by atoms with Gasteiger partial charge in [0.05, 0.1) is 28.4 Å². The normalized spacial score (nSPS) is 18.5. The van der Waals surface area contributed by atoms with Gasteiger partial charge in [0.2, 0.25) is 0 Å². The van der Waals surface area contributed by atoms with Crippen LogP contribution in [0.1, 0.15) is 11.4 Å². The highest BCUT2D eigenvalue weighted by atomic mass is 32.2. The molecule has 2 N–H and O–H groups in total. The molecule has 0 saturated heterocycles. The van der Waals surface area contributed by atoms with Gasteiger partial charge in [0, 0.05) is 19.5 Å². The summed E-state index contributed by atoms with van der Waals surface area (Å²) in [6, 6.07) is 7.44. The van der Waals surface area contributed by atoms with E-state index < -0.39 is 21.8 Å². The monoisotopic (exact) mass is 335 g/mol. The third-order valence-electron chi connectivity index (χ3n) is 4.03. The van der Waals surface area contributed by atoms with E-state index in [0.29, 0.717) is 6.54 Å². The smallest absolute Gasteiger partial charge is 0.321 e. The SMILES string of the molecule is O=C(O)[C@@H]1Cc2nc[nH]c2CN1CCS(=O)(=O)c1ccccc1. The molecule has 122 valence electrons. The number of nitrogens with one attached hydrogen (secondary N) is 1. The van der Waals surface area contributed by atoms with Gasteiger partial charge in [-0.05, 0) is 12.1 Å². The molecule has 1 aliphatic heterocycles. The number of carboxylic acids is 1. The fourth-order valence-corrected chi connectivity index (χ4v) is 4.03. The zero-order chi connectivity index (χ0) is 16.4. The Morgan fingerprint density at radius 3 is 2.78 bits per heavy atom. The number of aromatic nitrogens is 2. The maximum atomic E-state index is 12.4. The number of nitrogens with zero attached hydrogens (tertiary/aromatic N) is 2. The number of carbonyl (C=O) groups is 1. The van der Waals surface area contributed by atoms with Crippen molar-refractivity contribution in [3.63, 3.8) is 0 Å². The summed E-state index contributed by atoms with van der Waals surface area (Å²) in [5.41, 5.74) is 1.58. The van der Waals surface area contributed by atoms with Crippen molar-refractivity contribution < 1.29 is 18.3 Å². The summed E-state index contributed by atoms with van der Waals surface area (Å²) in [6.07, 6.45) is 1.81. The number of hydrogen-bond donors (Lipinski definition) is 2. The van der Waals surface area contributed by atoms with Gasteiger partial charge in [-0.2, -0.15) is 0 Å². The van der Waals surface area contributed by atoms with Gasteiger partial charge >= 0.3 is 5.97 Å². The molecule has 0 amide bonds. The lowest BCUT2D eigenvalue weighted by molar-refractivity contribution is -0.143. The Bertz CT molecular complexity index is 801. The third-order valence-corrected chi connectivity index (χ3v) is 5.74. The van der Waals surface area contributed by atoms with E-state index >= 15 is 0 Å². The number of aromatic amines is 1. The molecule has 0 fully saturated rings. The van der Waals surface area contributed by atoms with E-state index in [0.717, 1.165) is 11.4 Å². The van der Waals surface area contributed by atoms with Gasteiger partial charge in [-0.3, -0.25) is 9.69 Å². The van der Waals surface area contributed by atoms with E-state index in [4.69, 9.17) is 0 Å². The maximum absolute atomic E-state index is 12.4. The van der Waals surface area contributed by atoms with Crippen molar-refractivity contribution in [3.8, 4) is 0 Å². The Labute approximate surface area is 133 Å². The molecule has 2 aromatic rings. The molecule has 1 aromatic carbocycles. The average Bonchev–Trinajstić information content (AvgIpc) is 3.00. The lowest BCUT2D eigenvalue weighted by atomic mass is 10.0. The Hall–Kier alpha value is -2.19. The van der Waals surface area contributed by atoms with Crippen molar-refractivity contribution in [2.45, 2.75) is 23.9 Å². The minimum atomic E-state index is -3.43. The third kappa shape index (κ3) is 3.27. The number of aliphatic carboxylic acids is 1. The minimum Gasteiger partial charge on any atom is -0.480 e. The topological polar surface area (TPSA) is 103 Å². The summed E-state index contributed by atoms with van der Waals surface area (Å²) >= 11 is 0. The fraction of sp³-hybridized carbons (Fsp3) is 0.333. The van der Waals surface area contributed by atoms with Crippen LogP contribution in [0.4, 0.5) is 0 Å². The second-order valence-corrected chi connectivity index (χ2v) is 7.60. The molecular weight excluding hydrogens is 318 g/mol. The van der Waals surface area contributed by atoms with Crippen molar-refractivity contribution >= 4 is 15.8 Å². The van der Waals surface area contributed by atoms with E-state index in [2.05, 4.69) is 9.97 Å². The first-order chi connectivity index (χ1) is 11.0. The summed E-state index contributed by atoms with van der Waals surface area (Å²) in [6.45, 7) is 0.517. The maximum Gasteiger partial charge on any atom is 0.321 e. The lowest BCUT2D eigenvalue weighted by Crippen LogP contribution is -2.47. The van der Waals surface area contributed by atoms with Crippen molar-refractivity contribution in [2.24, 2.45) is 0 Å². The molecular formula is C15H17N3O4S. The molecule has 7 nitrogen and oxygen atoms in total. The molecule has 0 radical (unpaired) electrons. The van der Waals surface area contributed by atoms with Crippen molar-refractivity contribution in [2.75, 3.05) is 12.3 Å². The molecule has 0 unspecified atom stereocenters. The number of fused-ring (bicyclic) bond motifs is 1. The van der Waals surface area contributed by atoms with Crippen LogP contribution in [0.5, 0.6) is 0 Å². The van der Waals surface area contributed by atoms with Crippen molar-refractivity contribution in [3.05, 3.63) is 48.0 Å². The first kappa shape index (κ1) is 15.7. The first-order valence-corrected chi connectivity index (χ1v) is 8.88. The quantitative estimate of drug-likeness (QED) is 0.833. The number of imidazole rings is 1. The van der Waals surface area contributed by atoms with Crippen LogP contribution in [-0.4, -0.2) is 52.7 Å². The van der Waals surface area contributed by atoms with Gasteiger partial charge in [0.15, 0.2) is 9.84 Å². The molecule has 8 heteroatoms. The lowest BCUT2D eigenvalue weighted by Gasteiger charge is -2.32. The number of rotatable bonds is 5. The summed E-state index contributed by atoms with van der Waals surface area (Å²) < 4.78 is 24.7. The predicted molar refractivity (Wildman–Crippen MR) is 82.6 cm³/mol. The van der Waals surface area contributed by atoms with Crippen LogP contribution in [0.15, 0.2) is 41.6 Å². The summed E-state index contributed by atoms with van der Waals surface area (Å²) in [7, 11) is -3.43. The molecule has 0 bridgehead atoms. The summed E-state index contributed by atoms with van der Waals surface area (Å²) in [5.74, 6) is -1.08. The van der Waals surface area contributed by atoms with Gasteiger partial charge in [-0.25, -0.2) is 13.4 Å². The van der Waals surface area contributed by atoms with E-state index in [-0.39, 0.29) is 23.6 Å². The molecule has 0 spiro atoms. The zero-order valence-corrected chi connectivity index (χ0v) is 13.2. The molecule has 0 aliphatic carbocycles. The Balaban J connectivity index is 1.75. The van der Waals surface area contributed by atoms with Crippen LogP contribution in [0, 0.1) is 0 Å². The van der Waals surface area contributed by atoms with Crippen LogP contribution in [0.25, 0.3) is 0 Å². The number of H-pyrrole nitrogens is 1. The second kappa shape index (κ2) is 6.13. The zero-order valence-electron chi connectivity index (χ0n) is 12.3. The van der Waals surface area contributed by atoms with E-state index in [1.54, 1.807) is 35.2 Å². The highest BCUT2D eigenvalue weighted by Crippen LogP contribution is 2.21. The Kier molecular flexibility index (Phi) is 4.18. The molecule has 2 heterocycles. The molecule has 1 atom stereocenters. The van der Waals surface area contributed by atoms with E-state index in [1.807, 2.05) is 0 Å². The number of carboxylic acid groups (broad SMARTS) is 1. The predicted octanol–water partition coefficient (Wildman–Crippen LogP) is 0.695.